The highest BCUT2D eigenvalue weighted by Gasteiger charge is 2.47. The average Bonchev–Trinajstić information content (AvgIpc) is 3.32. The van der Waals surface area contributed by atoms with Gasteiger partial charge in [0, 0.05) is 48.4 Å². The maximum absolute atomic E-state index is 13.8. The smallest absolute Gasteiger partial charge is 0.254 e. The Labute approximate surface area is 233 Å². The van der Waals surface area contributed by atoms with Crippen molar-refractivity contribution in [1.29, 1.82) is 0 Å². The van der Waals surface area contributed by atoms with Crippen molar-refractivity contribution >= 4 is 28.0 Å². The van der Waals surface area contributed by atoms with Crippen LogP contribution in [0.2, 0.25) is 0 Å². The molecule has 2 saturated carbocycles. The Hall–Kier alpha value is -3.43. The van der Waals surface area contributed by atoms with Gasteiger partial charge in [0.25, 0.3) is 5.91 Å². The van der Waals surface area contributed by atoms with E-state index < -0.39 is 0 Å². The van der Waals surface area contributed by atoms with Crippen molar-refractivity contribution in [1.82, 2.24) is 29.3 Å². The minimum Gasteiger partial charge on any atom is -0.494 e. The second-order valence-corrected chi connectivity index (χ2v) is 12.3. The van der Waals surface area contributed by atoms with Gasteiger partial charge in [0.1, 0.15) is 16.9 Å². The molecule has 3 atom stereocenters. The SMILES string of the molecule is COc1cc(C(=O)N2C[C@H]3CC[C@@H]2[C@@H]3N)cc2nc(-c3cc4cccnc4n3CC3CC3)n(C3CCNCC3)c12. The van der Waals surface area contributed by atoms with Gasteiger partial charge in [0.15, 0.2) is 5.82 Å². The number of hydrogen-bond acceptors (Lipinski definition) is 6. The van der Waals surface area contributed by atoms with Crippen LogP contribution in [0.1, 0.15) is 54.9 Å². The molecule has 2 aliphatic carbocycles. The van der Waals surface area contributed by atoms with Crippen LogP contribution in [0, 0.1) is 11.8 Å². The van der Waals surface area contributed by atoms with Gasteiger partial charge in [0.05, 0.1) is 18.3 Å². The van der Waals surface area contributed by atoms with Crippen molar-refractivity contribution in [3.05, 3.63) is 42.1 Å². The summed E-state index contributed by atoms with van der Waals surface area (Å²) in [7, 11) is 1.70. The number of imidazole rings is 1. The summed E-state index contributed by atoms with van der Waals surface area (Å²) < 4.78 is 10.8. The molecule has 3 N–H and O–H groups in total. The number of ether oxygens (including phenoxy) is 1. The molecule has 9 nitrogen and oxygen atoms in total. The summed E-state index contributed by atoms with van der Waals surface area (Å²) in [5.74, 6) is 2.77. The second-order valence-electron chi connectivity index (χ2n) is 12.3. The van der Waals surface area contributed by atoms with Gasteiger partial charge in [-0.25, -0.2) is 9.97 Å². The highest BCUT2D eigenvalue weighted by Crippen LogP contribution is 2.42. The molecule has 2 bridgehead atoms. The quantitative estimate of drug-likeness (QED) is 0.385. The molecule has 40 heavy (non-hydrogen) atoms. The van der Waals surface area contributed by atoms with E-state index in [9.17, 15) is 4.79 Å². The van der Waals surface area contributed by atoms with Crippen LogP contribution in [0.15, 0.2) is 36.5 Å². The molecule has 1 amide bonds. The van der Waals surface area contributed by atoms with Crippen LogP contribution in [0.4, 0.5) is 0 Å². The molecule has 2 aliphatic heterocycles. The average molecular weight is 540 g/mol. The number of pyridine rings is 1. The predicted octanol–water partition coefficient (Wildman–Crippen LogP) is 3.96. The lowest BCUT2D eigenvalue weighted by atomic mass is 10.0. The largest absolute Gasteiger partial charge is 0.494 e. The number of carbonyl (C=O) groups is 1. The summed E-state index contributed by atoms with van der Waals surface area (Å²) in [5.41, 5.74) is 11.0. The lowest BCUT2D eigenvalue weighted by Crippen LogP contribution is -2.41. The molecule has 8 rings (SSSR count). The van der Waals surface area contributed by atoms with Gasteiger partial charge in [-0.1, -0.05) is 0 Å². The standard InChI is InChI=1S/C31H37N7O2/c1-40-26-15-21(31(39)37-17-20-6-7-24(37)27(20)32)13-23-28(26)38(22-8-11-33-12-9-22)30(35-23)25-14-19-3-2-10-34-29(19)36(25)16-18-4-5-18/h2-3,10,13-15,18,20,22,24,27,33H,4-9,11-12,16-17,32H2,1H3/t20-,24-,27-/m1/s1. The van der Waals surface area contributed by atoms with Crippen LogP contribution in [0.25, 0.3) is 33.6 Å². The number of methoxy groups -OCH3 is 1. The first kappa shape index (κ1) is 24.4. The molecule has 0 radical (unpaired) electrons. The number of carbonyl (C=O) groups excluding carboxylic acids is 1. The zero-order chi connectivity index (χ0) is 27.0. The van der Waals surface area contributed by atoms with E-state index in [1.165, 1.54) is 12.8 Å². The minimum atomic E-state index is 0.0351. The summed E-state index contributed by atoms with van der Waals surface area (Å²) in [6, 6.07) is 10.8. The molecule has 0 spiro atoms. The Kier molecular flexibility index (Phi) is 5.67. The first-order valence-corrected chi connectivity index (χ1v) is 14.9. The van der Waals surface area contributed by atoms with Crippen LogP contribution < -0.4 is 15.8 Å². The van der Waals surface area contributed by atoms with Crippen molar-refractivity contribution in [2.24, 2.45) is 17.6 Å². The van der Waals surface area contributed by atoms with Gasteiger partial charge in [-0.15, -0.1) is 0 Å². The Balaban J connectivity index is 1.31. The van der Waals surface area contributed by atoms with Crippen molar-refractivity contribution in [2.75, 3.05) is 26.7 Å². The maximum atomic E-state index is 13.8. The van der Waals surface area contributed by atoms with Crippen molar-refractivity contribution in [2.45, 2.75) is 63.2 Å². The van der Waals surface area contributed by atoms with Crippen LogP contribution in [-0.2, 0) is 6.54 Å². The molecule has 4 aromatic rings. The molecule has 3 aromatic heterocycles. The zero-order valence-electron chi connectivity index (χ0n) is 23.1. The van der Waals surface area contributed by atoms with E-state index in [2.05, 4.69) is 26.6 Å². The first-order chi connectivity index (χ1) is 19.6. The summed E-state index contributed by atoms with van der Waals surface area (Å²) in [4.78, 5) is 25.9. The van der Waals surface area contributed by atoms with Crippen molar-refractivity contribution < 1.29 is 9.53 Å². The molecule has 208 valence electrons. The van der Waals surface area contributed by atoms with Gasteiger partial charge in [-0.2, -0.15) is 0 Å². The molecule has 4 aliphatic rings. The van der Waals surface area contributed by atoms with E-state index in [-0.39, 0.29) is 24.0 Å². The zero-order valence-corrected chi connectivity index (χ0v) is 23.1. The molecular weight excluding hydrogens is 502 g/mol. The fourth-order valence-electron chi connectivity index (χ4n) is 7.54. The number of rotatable bonds is 6. The van der Waals surface area contributed by atoms with Crippen molar-refractivity contribution in [3.63, 3.8) is 0 Å². The number of benzene rings is 1. The molecule has 4 fully saturated rings. The predicted molar refractivity (Wildman–Crippen MR) is 154 cm³/mol. The lowest BCUT2D eigenvalue weighted by Gasteiger charge is -2.28. The van der Waals surface area contributed by atoms with Gasteiger partial charge >= 0.3 is 0 Å². The molecule has 9 heteroatoms. The normalized spacial score (nSPS) is 24.9. The fraction of sp³-hybridized carbons (Fsp3) is 0.516. The molecule has 2 saturated heterocycles. The van der Waals surface area contributed by atoms with Gasteiger partial charge < -0.3 is 29.8 Å². The van der Waals surface area contributed by atoms with Crippen molar-refractivity contribution in [3.8, 4) is 17.3 Å². The van der Waals surface area contributed by atoms with E-state index >= 15 is 0 Å². The van der Waals surface area contributed by atoms with Gasteiger partial charge in [0.2, 0.25) is 0 Å². The second kappa shape index (κ2) is 9.31. The monoisotopic (exact) mass is 539 g/mol. The van der Waals surface area contributed by atoms with E-state index in [4.69, 9.17) is 20.4 Å². The van der Waals surface area contributed by atoms with Gasteiger partial charge in [-0.3, -0.25) is 4.79 Å². The van der Waals surface area contributed by atoms with E-state index in [0.717, 1.165) is 85.4 Å². The third-order valence-electron chi connectivity index (χ3n) is 9.83. The molecular formula is C31H37N7O2. The summed E-state index contributed by atoms with van der Waals surface area (Å²) in [6.07, 6.45) is 8.53. The summed E-state index contributed by atoms with van der Waals surface area (Å²) >= 11 is 0. The minimum absolute atomic E-state index is 0.0351. The number of hydrogen-bond donors (Lipinski definition) is 2. The fourth-order valence-corrected chi connectivity index (χ4v) is 7.54. The number of likely N-dealkylation sites (tertiary alicyclic amines) is 1. The number of nitrogens with zero attached hydrogens (tertiary/aromatic N) is 5. The molecule has 0 unspecified atom stereocenters. The van der Waals surface area contributed by atoms with Crippen LogP contribution >= 0.6 is 0 Å². The number of aromatic nitrogens is 4. The van der Waals surface area contributed by atoms with Crippen LogP contribution in [-0.4, -0.2) is 68.7 Å². The number of piperidine rings is 2. The third-order valence-corrected chi connectivity index (χ3v) is 9.83. The molecule has 1 aromatic carbocycles. The summed E-state index contributed by atoms with van der Waals surface area (Å²) in [5, 5.41) is 4.64. The maximum Gasteiger partial charge on any atom is 0.254 e. The van der Waals surface area contributed by atoms with Crippen LogP contribution in [0.5, 0.6) is 5.75 Å². The Bertz CT molecular complexity index is 1610. The number of fused-ring (bicyclic) bond motifs is 4. The Morgan fingerprint density at radius 1 is 1.12 bits per heavy atom. The van der Waals surface area contributed by atoms with E-state index in [1.807, 2.05) is 29.3 Å². The first-order valence-electron chi connectivity index (χ1n) is 14.9. The highest BCUT2D eigenvalue weighted by atomic mass is 16.5. The van der Waals surface area contributed by atoms with E-state index in [1.54, 1.807) is 7.11 Å². The Morgan fingerprint density at radius 2 is 1.98 bits per heavy atom. The lowest BCUT2D eigenvalue weighted by molar-refractivity contribution is 0.0700. The van der Waals surface area contributed by atoms with Crippen LogP contribution in [0.3, 0.4) is 0 Å². The highest BCUT2D eigenvalue weighted by molar-refractivity contribution is 6.00. The number of nitrogens with two attached hydrogens (primary N) is 1. The van der Waals surface area contributed by atoms with E-state index in [0.29, 0.717) is 23.1 Å². The number of amides is 1. The molecule has 5 heterocycles. The topological polar surface area (TPSA) is 103 Å². The Morgan fingerprint density at radius 3 is 2.70 bits per heavy atom. The number of nitrogens with one attached hydrogen (secondary N) is 1. The summed E-state index contributed by atoms with van der Waals surface area (Å²) in [6.45, 7) is 3.62. The van der Waals surface area contributed by atoms with Gasteiger partial charge in [-0.05, 0) is 93.8 Å². The third kappa shape index (κ3) is 3.78.